The summed E-state index contributed by atoms with van der Waals surface area (Å²) < 4.78 is 11.7. The number of carbonyl (C=O) groups excluding carboxylic acids is 2. The molecule has 1 aliphatic rings. The van der Waals surface area contributed by atoms with E-state index in [9.17, 15) is 9.59 Å². The Kier molecular flexibility index (Phi) is 19.7. The Morgan fingerprint density at radius 1 is 0.676 bits per heavy atom. The van der Waals surface area contributed by atoms with Gasteiger partial charge in [0.1, 0.15) is 0 Å². The first-order chi connectivity index (χ1) is 17.9. The van der Waals surface area contributed by atoms with E-state index in [1.807, 2.05) is 20.8 Å². The van der Waals surface area contributed by atoms with Gasteiger partial charge in [-0.3, -0.25) is 9.59 Å². The van der Waals surface area contributed by atoms with Gasteiger partial charge in [-0.05, 0) is 59.3 Å². The molecular weight excluding hydrogens is 460 g/mol. The van der Waals surface area contributed by atoms with Crippen LogP contribution in [0.1, 0.15) is 163 Å². The summed E-state index contributed by atoms with van der Waals surface area (Å²) in [4.78, 5) is 26.1. The summed E-state index contributed by atoms with van der Waals surface area (Å²) in [5.41, 5.74) is 1.16. The Morgan fingerprint density at radius 3 is 1.49 bits per heavy atom. The molecule has 216 valence electrons. The third-order valence-corrected chi connectivity index (χ3v) is 7.92. The van der Waals surface area contributed by atoms with E-state index in [1.165, 1.54) is 89.9 Å². The third-order valence-electron chi connectivity index (χ3n) is 7.92. The highest BCUT2D eigenvalue weighted by atomic mass is 16.6. The van der Waals surface area contributed by atoms with Crippen molar-refractivity contribution in [1.29, 1.82) is 0 Å². The fourth-order valence-electron chi connectivity index (χ4n) is 5.39. The van der Waals surface area contributed by atoms with Crippen molar-refractivity contribution < 1.29 is 19.1 Å². The molecule has 0 saturated carbocycles. The fourth-order valence-corrected chi connectivity index (χ4v) is 5.39. The van der Waals surface area contributed by atoms with Crippen LogP contribution in [0.4, 0.5) is 0 Å². The van der Waals surface area contributed by atoms with Crippen molar-refractivity contribution in [2.24, 2.45) is 11.8 Å². The normalized spacial score (nSPS) is 19.2. The van der Waals surface area contributed by atoms with E-state index in [2.05, 4.69) is 19.9 Å². The first-order valence-electron chi connectivity index (χ1n) is 16.0. The summed E-state index contributed by atoms with van der Waals surface area (Å²) in [7, 11) is 0. The molecule has 4 nitrogen and oxygen atoms in total. The predicted molar refractivity (Wildman–Crippen MR) is 156 cm³/mol. The smallest absolute Gasteiger partial charge is 0.310 e. The molecule has 1 aliphatic carbocycles. The molecule has 0 N–H and O–H groups in total. The second-order valence-corrected chi connectivity index (χ2v) is 11.7. The van der Waals surface area contributed by atoms with Gasteiger partial charge in [0.25, 0.3) is 0 Å². The molecule has 0 radical (unpaired) electrons. The van der Waals surface area contributed by atoms with Crippen LogP contribution in [0.15, 0.2) is 11.6 Å². The number of hydrogen-bond donors (Lipinski definition) is 0. The van der Waals surface area contributed by atoms with Crippen LogP contribution in [0.3, 0.4) is 0 Å². The maximum absolute atomic E-state index is 13.1. The molecular formula is C33H60O4. The van der Waals surface area contributed by atoms with Crippen molar-refractivity contribution in [1.82, 2.24) is 0 Å². The van der Waals surface area contributed by atoms with Crippen LogP contribution in [-0.4, -0.2) is 24.1 Å². The summed E-state index contributed by atoms with van der Waals surface area (Å²) in [6.07, 6.45) is 25.2. The maximum Gasteiger partial charge on any atom is 0.310 e. The topological polar surface area (TPSA) is 52.6 Å². The monoisotopic (exact) mass is 520 g/mol. The molecule has 0 saturated heterocycles. The second-order valence-electron chi connectivity index (χ2n) is 11.7. The Bertz CT molecular complexity index is 626. The molecule has 0 aromatic heterocycles. The lowest BCUT2D eigenvalue weighted by atomic mass is 9.80. The van der Waals surface area contributed by atoms with Crippen LogP contribution in [0.5, 0.6) is 0 Å². The van der Waals surface area contributed by atoms with Gasteiger partial charge in [-0.15, -0.1) is 0 Å². The van der Waals surface area contributed by atoms with Crippen molar-refractivity contribution in [3.8, 4) is 0 Å². The average Bonchev–Trinajstić information content (AvgIpc) is 2.87. The summed E-state index contributed by atoms with van der Waals surface area (Å²) in [5, 5.41) is 0. The van der Waals surface area contributed by atoms with E-state index in [1.54, 1.807) is 0 Å². The molecule has 0 fully saturated rings. The van der Waals surface area contributed by atoms with Crippen LogP contribution in [-0.2, 0) is 19.1 Å². The van der Waals surface area contributed by atoms with E-state index >= 15 is 0 Å². The molecule has 37 heavy (non-hydrogen) atoms. The van der Waals surface area contributed by atoms with Crippen molar-refractivity contribution in [3.63, 3.8) is 0 Å². The van der Waals surface area contributed by atoms with Gasteiger partial charge in [0.05, 0.1) is 24.0 Å². The van der Waals surface area contributed by atoms with Crippen molar-refractivity contribution >= 4 is 11.9 Å². The highest BCUT2D eigenvalue weighted by Gasteiger charge is 2.38. The zero-order chi connectivity index (χ0) is 27.3. The summed E-state index contributed by atoms with van der Waals surface area (Å²) in [6.45, 7) is 10.5. The first kappa shape index (κ1) is 33.7. The molecule has 0 bridgehead atoms. The average molecular weight is 521 g/mol. The van der Waals surface area contributed by atoms with Gasteiger partial charge in [0, 0.05) is 0 Å². The molecule has 0 heterocycles. The van der Waals surface area contributed by atoms with Gasteiger partial charge in [0.2, 0.25) is 0 Å². The van der Waals surface area contributed by atoms with Crippen LogP contribution >= 0.6 is 0 Å². The Labute approximate surface area is 229 Å². The lowest BCUT2D eigenvalue weighted by molar-refractivity contribution is -0.166. The third kappa shape index (κ3) is 16.3. The predicted octanol–water partition coefficient (Wildman–Crippen LogP) is 9.88. The Morgan fingerprint density at radius 2 is 1.05 bits per heavy atom. The Balaban J connectivity index is 2.35. The van der Waals surface area contributed by atoms with Gasteiger partial charge in [-0.1, -0.05) is 115 Å². The zero-order valence-electron chi connectivity index (χ0n) is 25.2. The highest BCUT2D eigenvalue weighted by Crippen LogP contribution is 2.32. The fraction of sp³-hybridized carbons (Fsp3) is 0.879. The first-order valence-corrected chi connectivity index (χ1v) is 16.0. The van der Waals surface area contributed by atoms with E-state index in [-0.39, 0.29) is 24.1 Å². The number of rotatable bonds is 22. The summed E-state index contributed by atoms with van der Waals surface area (Å²) in [6, 6.07) is 0. The lowest BCUT2D eigenvalue weighted by Gasteiger charge is -2.29. The maximum atomic E-state index is 13.1. The van der Waals surface area contributed by atoms with E-state index < -0.39 is 11.8 Å². The van der Waals surface area contributed by atoms with E-state index in [0.29, 0.717) is 12.8 Å². The highest BCUT2D eigenvalue weighted by molar-refractivity contribution is 5.83. The van der Waals surface area contributed by atoms with Gasteiger partial charge in [0.15, 0.2) is 0 Å². The largest absolute Gasteiger partial charge is 0.462 e. The van der Waals surface area contributed by atoms with Crippen LogP contribution in [0.2, 0.25) is 0 Å². The number of unbranched alkanes of at least 4 members (excludes halogenated alkanes) is 14. The summed E-state index contributed by atoms with van der Waals surface area (Å²) in [5.74, 6) is -1.30. The molecule has 0 aromatic rings. The second kappa shape index (κ2) is 21.6. The van der Waals surface area contributed by atoms with Gasteiger partial charge in [-0.25, -0.2) is 0 Å². The number of allylic oxidation sites excluding steroid dienone is 2. The van der Waals surface area contributed by atoms with Crippen molar-refractivity contribution in [2.75, 3.05) is 0 Å². The van der Waals surface area contributed by atoms with Crippen LogP contribution in [0, 0.1) is 11.8 Å². The molecule has 4 atom stereocenters. The molecule has 4 heteroatoms. The zero-order valence-corrected chi connectivity index (χ0v) is 25.2. The molecule has 0 amide bonds. The summed E-state index contributed by atoms with van der Waals surface area (Å²) >= 11 is 0. The lowest BCUT2D eigenvalue weighted by Crippen LogP contribution is -2.36. The number of carbonyl (C=O) groups is 2. The number of esters is 2. The molecule has 4 unspecified atom stereocenters. The Hall–Kier alpha value is -1.32. The minimum absolute atomic E-state index is 0.0999. The van der Waals surface area contributed by atoms with Gasteiger partial charge < -0.3 is 9.47 Å². The molecule has 0 aliphatic heterocycles. The minimum atomic E-state index is -0.424. The number of ether oxygens (including phenoxy) is 2. The van der Waals surface area contributed by atoms with E-state index in [4.69, 9.17) is 9.47 Å². The van der Waals surface area contributed by atoms with Crippen LogP contribution in [0.25, 0.3) is 0 Å². The SMILES string of the molecule is CCCCCCCCCCC(C)OC(=O)C1CC=C(C)CC1C(=O)OC(C)CCCCCCCCCC. The van der Waals surface area contributed by atoms with E-state index in [0.717, 1.165) is 31.3 Å². The van der Waals surface area contributed by atoms with Crippen molar-refractivity contribution in [3.05, 3.63) is 11.6 Å². The van der Waals surface area contributed by atoms with Crippen LogP contribution < -0.4 is 0 Å². The quantitative estimate of drug-likeness (QED) is 0.0809. The molecule has 1 rings (SSSR count). The molecule has 0 aromatic carbocycles. The number of hydrogen-bond acceptors (Lipinski definition) is 4. The minimum Gasteiger partial charge on any atom is -0.462 e. The standard InChI is InChI=1S/C33H60O4/c1-6-8-10-12-14-16-18-20-22-28(4)36-32(34)30-25-24-27(3)26-31(30)33(35)37-29(5)23-21-19-17-15-13-11-9-7-2/h24,28-31H,6-23,25-26H2,1-5H3. The van der Waals surface area contributed by atoms with Crippen molar-refractivity contribution in [2.45, 2.75) is 175 Å². The van der Waals surface area contributed by atoms with Gasteiger partial charge >= 0.3 is 11.9 Å². The molecule has 0 spiro atoms. The van der Waals surface area contributed by atoms with Gasteiger partial charge in [-0.2, -0.15) is 0 Å².